The van der Waals surface area contributed by atoms with Gasteiger partial charge in [0, 0.05) is 12.4 Å². The van der Waals surface area contributed by atoms with Crippen molar-refractivity contribution in [3.8, 4) is 0 Å². The van der Waals surface area contributed by atoms with Gasteiger partial charge in [0.1, 0.15) is 0 Å². The van der Waals surface area contributed by atoms with Gasteiger partial charge in [-0.05, 0) is 24.1 Å². The van der Waals surface area contributed by atoms with Crippen LogP contribution in [-0.4, -0.2) is 9.61 Å². The van der Waals surface area contributed by atoms with Gasteiger partial charge in [0.2, 0.25) is 0 Å². The van der Waals surface area contributed by atoms with Crippen LogP contribution in [-0.2, 0) is 0 Å². The molecule has 0 aliphatic rings. The Balaban J connectivity index is 0.000000184. The molecular formula is C11H16N2. The Morgan fingerprint density at radius 3 is 2.46 bits per heavy atom. The molecule has 0 radical (unpaired) electrons. The second kappa shape index (κ2) is 4.65. The lowest BCUT2D eigenvalue weighted by atomic mass is 10.3. The van der Waals surface area contributed by atoms with Crippen LogP contribution in [0.3, 0.4) is 0 Å². The number of hydrogen-bond donors (Lipinski definition) is 0. The molecule has 0 amide bonds. The molecule has 0 N–H and O–H groups in total. The maximum atomic E-state index is 4.04. The van der Waals surface area contributed by atoms with Gasteiger partial charge in [0.25, 0.3) is 0 Å². The molecular weight excluding hydrogens is 160 g/mol. The summed E-state index contributed by atoms with van der Waals surface area (Å²) in [7, 11) is 0. The minimum absolute atomic E-state index is 0.833. The molecule has 0 atom stereocenters. The highest BCUT2D eigenvalue weighted by molar-refractivity contribution is 5.44. The minimum atomic E-state index is 0.833. The summed E-state index contributed by atoms with van der Waals surface area (Å²) in [5.74, 6) is 0.833. The Hall–Kier alpha value is -1.31. The molecule has 0 bridgehead atoms. The van der Waals surface area contributed by atoms with E-state index in [1.807, 2.05) is 35.0 Å². The van der Waals surface area contributed by atoms with Crippen LogP contribution in [0.15, 0.2) is 36.7 Å². The number of fused-ring (bicyclic) bond motifs is 1. The summed E-state index contributed by atoms with van der Waals surface area (Å²) < 4.78 is 1.83. The summed E-state index contributed by atoms with van der Waals surface area (Å²) >= 11 is 0. The van der Waals surface area contributed by atoms with E-state index in [9.17, 15) is 0 Å². The molecule has 0 aliphatic carbocycles. The van der Waals surface area contributed by atoms with Crippen molar-refractivity contribution in [2.24, 2.45) is 5.92 Å². The third-order valence-corrected chi connectivity index (χ3v) is 1.31. The number of aromatic nitrogens is 2. The zero-order chi connectivity index (χ0) is 9.68. The van der Waals surface area contributed by atoms with Crippen LogP contribution in [0.1, 0.15) is 20.8 Å². The molecule has 2 rings (SSSR count). The van der Waals surface area contributed by atoms with Crippen LogP contribution >= 0.6 is 0 Å². The smallest absolute Gasteiger partial charge is 0.0661 e. The summed E-state index contributed by atoms with van der Waals surface area (Å²) in [6.45, 7) is 6.50. The molecule has 0 spiro atoms. The van der Waals surface area contributed by atoms with Crippen LogP contribution < -0.4 is 0 Å². The molecule has 0 unspecified atom stereocenters. The van der Waals surface area contributed by atoms with E-state index >= 15 is 0 Å². The van der Waals surface area contributed by atoms with Crippen molar-refractivity contribution < 1.29 is 0 Å². The van der Waals surface area contributed by atoms with Gasteiger partial charge in [0.05, 0.1) is 5.52 Å². The Labute approximate surface area is 79.2 Å². The predicted octanol–water partition coefficient (Wildman–Crippen LogP) is 3.00. The monoisotopic (exact) mass is 176 g/mol. The van der Waals surface area contributed by atoms with Crippen molar-refractivity contribution in [3.05, 3.63) is 36.7 Å². The third-order valence-electron chi connectivity index (χ3n) is 1.31. The fourth-order valence-electron chi connectivity index (χ4n) is 0.866. The first-order valence-electron chi connectivity index (χ1n) is 4.58. The van der Waals surface area contributed by atoms with Gasteiger partial charge in [-0.3, -0.25) is 0 Å². The lowest BCUT2D eigenvalue weighted by Crippen LogP contribution is -1.81. The molecule has 2 aromatic rings. The number of hydrogen-bond acceptors (Lipinski definition) is 1. The van der Waals surface area contributed by atoms with Crippen molar-refractivity contribution in [2.75, 3.05) is 0 Å². The van der Waals surface area contributed by atoms with Gasteiger partial charge >= 0.3 is 0 Å². The summed E-state index contributed by atoms with van der Waals surface area (Å²) in [6, 6.07) is 7.95. The maximum absolute atomic E-state index is 4.04. The van der Waals surface area contributed by atoms with Crippen LogP contribution in [0.2, 0.25) is 0 Å². The maximum Gasteiger partial charge on any atom is 0.0661 e. The first-order chi connectivity index (χ1) is 6.20. The quantitative estimate of drug-likeness (QED) is 0.603. The summed E-state index contributed by atoms with van der Waals surface area (Å²) in [5.41, 5.74) is 1.14. The average Bonchev–Trinajstić information content (AvgIpc) is 2.49. The Kier molecular flexibility index (Phi) is 3.50. The number of nitrogens with zero attached hydrogens (tertiary/aromatic N) is 2. The summed E-state index contributed by atoms with van der Waals surface area (Å²) in [6.07, 6.45) is 3.71. The average molecular weight is 176 g/mol. The molecule has 2 heteroatoms. The highest BCUT2D eigenvalue weighted by atomic mass is 15.2. The zero-order valence-electron chi connectivity index (χ0n) is 8.44. The van der Waals surface area contributed by atoms with E-state index in [4.69, 9.17) is 0 Å². The summed E-state index contributed by atoms with van der Waals surface area (Å²) in [4.78, 5) is 0. The SMILES string of the molecule is CC(C)C.c1ccn2nccc2c1. The minimum Gasteiger partial charge on any atom is -0.241 e. The number of rotatable bonds is 0. The van der Waals surface area contributed by atoms with Crippen molar-refractivity contribution >= 4 is 5.52 Å². The molecule has 2 heterocycles. The topological polar surface area (TPSA) is 17.3 Å². The predicted molar refractivity (Wildman–Crippen MR) is 55.7 cm³/mol. The van der Waals surface area contributed by atoms with E-state index in [-0.39, 0.29) is 0 Å². The van der Waals surface area contributed by atoms with Gasteiger partial charge in [-0.1, -0.05) is 26.8 Å². The normalized spacial score (nSPS) is 9.85. The molecule has 0 fully saturated rings. The molecule has 0 saturated carbocycles. The van der Waals surface area contributed by atoms with Gasteiger partial charge in [0.15, 0.2) is 0 Å². The van der Waals surface area contributed by atoms with Crippen molar-refractivity contribution in [1.29, 1.82) is 0 Å². The molecule has 0 saturated heterocycles. The first-order valence-corrected chi connectivity index (χ1v) is 4.58. The third kappa shape index (κ3) is 3.28. The fourth-order valence-corrected chi connectivity index (χ4v) is 0.866. The Morgan fingerprint density at radius 1 is 1.15 bits per heavy atom. The molecule has 2 aromatic heterocycles. The lowest BCUT2D eigenvalue weighted by Gasteiger charge is -1.86. The second-order valence-corrected chi connectivity index (χ2v) is 3.63. The van der Waals surface area contributed by atoms with Crippen LogP contribution in [0.5, 0.6) is 0 Å². The molecule has 13 heavy (non-hydrogen) atoms. The molecule has 2 nitrogen and oxygen atoms in total. The highest BCUT2D eigenvalue weighted by Crippen LogP contribution is 1.98. The van der Waals surface area contributed by atoms with Crippen molar-refractivity contribution in [2.45, 2.75) is 20.8 Å². The molecule has 70 valence electrons. The van der Waals surface area contributed by atoms with E-state index in [2.05, 4.69) is 25.9 Å². The first kappa shape index (κ1) is 9.78. The standard InChI is InChI=1S/C7H6N2.C4H10/c1-2-6-9-7(3-1)4-5-8-9;1-4(2)3/h1-6H;4H,1-3H3. The second-order valence-electron chi connectivity index (χ2n) is 3.63. The summed E-state index contributed by atoms with van der Waals surface area (Å²) in [5, 5.41) is 4.04. The van der Waals surface area contributed by atoms with E-state index in [0.29, 0.717) is 0 Å². The van der Waals surface area contributed by atoms with Crippen molar-refractivity contribution in [1.82, 2.24) is 9.61 Å². The van der Waals surface area contributed by atoms with Gasteiger partial charge < -0.3 is 0 Å². The van der Waals surface area contributed by atoms with E-state index < -0.39 is 0 Å². The number of pyridine rings is 1. The molecule has 0 aliphatic heterocycles. The van der Waals surface area contributed by atoms with Crippen molar-refractivity contribution in [3.63, 3.8) is 0 Å². The van der Waals surface area contributed by atoms with Crippen LogP contribution in [0, 0.1) is 5.92 Å². The van der Waals surface area contributed by atoms with Gasteiger partial charge in [-0.25, -0.2) is 4.52 Å². The Morgan fingerprint density at radius 2 is 1.85 bits per heavy atom. The fraction of sp³-hybridized carbons (Fsp3) is 0.364. The van der Waals surface area contributed by atoms with E-state index in [0.717, 1.165) is 11.4 Å². The van der Waals surface area contributed by atoms with Gasteiger partial charge in [-0.15, -0.1) is 0 Å². The van der Waals surface area contributed by atoms with E-state index in [1.54, 1.807) is 6.20 Å². The molecule has 0 aromatic carbocycles. The largest absolute Gasteiger partial charge is 0.241 e. The van der Waals surface area contributed by atoms with Gasteiger partial charge in [-0.2, -0.15) is 5.10 Å². The van der Waals surface area contributed by atoms with Crippen LogP contribution in [0.25, 0.3) is 5.52 Å². The van der Waals surface area contributed by atoms with E-state index in [1.165, 1.54) is 0 Å². The zero-order valence-corrected chi connectivity index (χ0v) is 8.44. The van der Waals surface area contributed by atoms with Crippen LogP contribution in [0.4, 0.5) is 0 Å². The lowest BCUT2D eigenvalue weighted by molar-refractivity contribution is 0.737. The highest BCUT2D eigenvalue weighted by Gasteiger charge is 1.85. The Bertz CT molecular complexity index is 317.